The molecule has 1 atom stereocenters. The van der Waals surface area contributed by atoms with Gasteiger partial charge in [0.15, 0.2) is 8.32 Å². The standard InChI is InChI=1S/C17H36O3Si2/c1-16(2,3)22(9,10)19-14-12-11-13-15(18-17(14,4)5)20-21(6,7)8/h13-14H,11-12H2,1-10H3/t14-/m0/s1. The molecule has 0 aromatic heterocycles. The summed E-state index contributed by atoms with van der Waals surface area (Å²) >= 11 is 0. The minimum atomic E-state index is -1.81. The van der Waals surface area contributed by atoms with Gasteiger partial charge in [-0.05, 0) is 70.5 Å². The molecule has 0 amide bonds. The first-order chi connectivity index (χ1) is 9.64. The molecule has 1 heterocycles. The van der Waals surface area contributed by atoms with Crippen LogP contribution >= 0.6 is 0 Å². The Kier molecular flexibility index (Phi) is 5.69. The first-order valence-corrected chi connectivity index (χ1v) is 14.7. The van der Waals surface area contributed by atoms with Crippen molar-refractivity contribution in [1.29, 1.82) is 0 Å². The SMILES string of the molecule is CC1(C)OC(O[Si](C)(C)C)=CCC[C@@H]1O[Si](C)(C)C(C)(C)C. The van der Waals surface area contributed by atoms with Gasteiger partial charge in [0.2, 0.25) is 8.32 Å². The number of hydrogen-bond acceptors (Lipinski definition) is 3. The maximum absolute atomic E-state index is 6.65. The molecular formula is C17H36O3Si2. The van der Waals surface area contributed by atoms with Crippen LogP contribution in [0.15, 0.2) is 12.0 Å². The molecule has 0 saturated heterocycles. The molecule has 1 aliphatic heterocycles. The Bertz CT molecular complexity index is 415. The van der Waals surface area contributed by atoms with E-state index in [1.165, 1.54) is 0 Å². The maximum atomic E-state index is 6.65. The van der Waals surface area contributed by atoms with Crippen LogP contribution in [0.4, 0.5) is 0 Å². The molecule has 22 heavy (non-hydrogen) atoms. The van der Waals surface area contributed by atoms with E-state index >= 15 is 0 Å². The average Bonchev–Trinajstić information content (AvgIpc) is 2.33. The molecule has 0 N–H and O–H groups in total. The van der Waals surface area contributed by atoms with Crippen LogP contribution < -0.4 is 0 Å². The molecule has 1 rings (SSSR count). The molecule has 0 bridgehead atoms. The zero-order chi connectivity index (χ0) is 17.4. The van der Waals surface area contributed by atoms with Crippen LogP contribution in [0.25, 0.3) is 0 Å². The monoisotopic (exact) mass is 344 g/mol. The summed E-state index contributed by atoms with van der Waals surface area (Å²) in [5.74, 6) is 0.700. The number of rotatable bonds is 4. The molecule has 0 radical (unpaired) electrons. The summed E-state index contributed by atoms with van der Waals surface area (Å²) in [6, 6.07) is 0. The largest absolute Gasteiger partial charge is 0.520 e. The van der Waals surface area contributed by atoms with Crippen molar-refractivity contribution in [3.63, 3.8) is 0 Å². The van der Waals surface area contributed by atoms with Crippen LogP contribution in [0.5, 0.6) is 0 Å². The minimum absolute atomic E-state index is 0.104. The van der Waals surface area contributed by atoms with Gasteiger partial charge < -0.3 is 13.6 Å². The van der Waals surface area contributed by atoms with Gasteiger partial charge in [-0.15, -0.1) is 0 Å². The Labute approximate surface area is 139 Å². The molecular weight excluding hydrogens is 308 g/mol. The van der Waals surface area contributed by atoms with E-state index in [2.05, 4.69) is 73.4 Å². The third-order valence-electron chi connectivity index (χ3n) is 4.53. The molecule has 0 unspecified atom stereocenters. The van der Waals surface area contributed by atoms with Crippen LogP contribution in [-0.2, 0) is 13.6 Å². The molecule has 0 fully saturated rings. The second-order valence-corrected chi connectivity index (χ2v) is 18.6. The lowest BCUT2D eigenvalue weighted by molar-refractivity contribution is -0.0885. The third-order valence-corrected chi connectivity index (χ3v) is 9.83. The smallest absolute Gasteiger partial charge is 0.261 e. The van der Waals surface area contributed by atoms with Gasteiger partial charge in [-0.2, -0.15) is 0 Å². The summed E-state index contributed by atoms with van der Waals surface area (Å²) in [7, 11) is -3.46. The fourth-order valence-electron chi connectivity index (χ4n) is 2.16. The predicted molar refractivity (Wildman–Crippen MR) is 99.0 cm³/mol. The zero-order valence-corrected chi connectivity index (χ0v) is 18.3. The lowest BCUT2D eigenvalue weighted by atomic mass is 9.98. The van der Waals surface area contributed by atoms with Gasteiger partial charge in [-0.25, -0.2) is 0 Å². The van der Waals surface area contributed by atoms with Crippen molar-refractivity contribution >= 4 is 16.6 Å². The average molecular weight is 345 g/mol. The second-order valence-electron chi connectivity index (χ2n) is 9.39. The summed E-state index contributed by atoms with van der Waals surface area (Å²) in [6.07, 6.45) is 4.13. The van der Waals surface area contributed by atoms with Gasteiger partial charge in [0.05, 0.1) is 6.10 Å². The summed E-state index contributed by atoms with van der Waals surface area (Å²) in [5, 5.41) is 0.209. The number of hydrogen-bond donors (Lipinski definition) is 0. The first kappa shape index (κ1) is 19.8. The molecule has 0 aromatic rings. The highest BCUT2D eigenvalue weighted by Gasteiger charge is 2.44. The van der Waals surface area contributed by atoms with E-state index in [9.17, 15) is 0 Å². The van der Waals surface area contributed by atoms with Crippen molar-refractivity contribution < 1.29 is 13.6 Å². The van der Waals surface area contributed by atoms with Gasteiger partial charge in [0.1, 0.15) is 5.60 Å². The van der Waals surface area contributed by atoms with Crippen molar-refractivity contribution in [2.24, 2.45) is 0 Å². The normalized spacial score (nSPS) is 23.4. The van der Waals surface area contributed by atoms with Crippen molar-refractivity contribution in [2.75, 3.05) is 0 Å². The summed E-state index contributed by atoms with van der Waals surface area (Å²) < 4.78 is 18.9. The predicted octanol–water partition coefficient (Wildman–Crippen LogP) is 5.66. The molecule has 0 spiro atoms. The van der Waals surface area contributed by atoms with Crippen LogP contribution in [0.2, 0.25) is 37.8 Å². The minimum Gasteiger partial charge on any atom is -0.520 e. The van der Waals surface area contributed by atoms with Gasteiger partial charge in [0, 0.05) is 0 Å². The van der Waals surface area contributed by atoms with Crippen LogP contribution in [-0.4, -0.2) is 28.3 Å². The van der Waals surface area contributed by atoms with Gasteiger partial charge in [-0.3, -0.25) is 0 Å². The topological polar surface area (TPSA) is 27.7 Å². The Balaban J connectivity index is 2.86. The van der Waals surface area contributed by atoms with Gasteiger partial charge in [0.25, 0.3) is 5.95 Å². The molecule has 0 aromatic carbocycles. The van der Waals surface area contributed by atoms with Crippen LogP contribution in [0, 0.1) is 0 Å². The third kappa shape index (κ3) is 5.42. The Morgan fingerprint density at radius 2 is 1.68 bits per heavy atom. The molecule has 130 valence electrons. The summed E-state index contributed by atoms with van der Waals surface area (Å²) in [4.78, 5) is 0. The Morgan fingerprint density at radius 1 is 1.14 bits per heavy atom. The fraction of sp³-hybridized carbons (Fsp3) is 0.882. The van der Waals surface area contributed by atoms with Gasteiger partial charge >= 0.3 is 0 Å². The lowest BCUT2D eigenvalue weighted by Gasteiger charge is -2.43. The molecule has 0 aliphatic carbocycles. The first-order valence-electron chi connectivity index (χ1n) is 8.40. The van der Waals surface area contributed by atoms with E-state index < -0.39 is 16.6 Å². The van der Waals surface area contributed by atoms with Crippen molar-refractivity contribution in [2.45, 2.75) is 96.9 Å². The van der Waals surface area contributed by atoms with E-state index in [-0.39, 0.29) is 16.7 Å². The zero-order valence-electron chi connectivity index (χ0n) is 16.3. The molecule has 5 heteroatoms. The highest BCUT2D eigenvalue weighted by molar-refractivity contribution is 6.74. The van der Waals surface area contributed by atoms with E-state index in [1.807, 2.05) is 0 Å². The fourth-order valence-corrected chi connectivity index (χ4v) is 4.36. The van der Waals surface area contributed by atoms with E-state index in [4.69, 9.17) is 13.6 Å². The molecule has 1 aliphatic rings. The highest BCUT2D eigenvalue weighted by Crippen LogP contribution is 2.40. The van der Waals surface area contributed by atoms with Gasteiger partial charge in [-0.1, -0.05) is 20.8 Å². The van der Waals surface area contributed by atoms with E-state index in [0.717, 1.165) is 12.8 Å². The van der Waals surface area contributed by atoms with Crippen LogP contribution in [0.3, 0.4) is 0 Å². The summed E-state index contributed by atoms with van der Waals surface area (Å²) in [5.41, 5.74) is -0.364. The van der Waals surface area contributed by atoms with E-state index in [1.54, 1.807) is 0 Å². The summed E-state index contributed by atoms with van der Waals surface area (Å²) in [6.45, 7) is 22.2. The van der Waals surface area contributed by atoms with E-state index in [0.29, 0.717) is 5.95 Å². The van der Waals surface area contributed by atoms with Crippen molar-refractivity contribution in [3.05, 3.63) is 12.0 Å². The molecule has 0 saturated carbocycles. The molecule has 3 nitrogen and oxygen atoms in total. The maximum Gasteiger partial charge on any atom is 0.261 e. The number of allylic oxidation sites excluding steroid dienone is 1. The number of ether oxygens (including phenoxy) is 1. The van der Waals surface area contributed by atoms with Crippen molar-refractivity contribution in [3.8, 4) is 0 Å². The Hall–Kier alpha value is -0.266. The van der Waals surface area contributed by atoms with Crippen LogP contribution in [0.1, 0.15) is 47.5 Å². The lowest BCUT2D eigenvalue weighted by Crippen LogP contribution is -2.50. The van der Waals surface area contributed by atoms with Crippen molar-refractivity contribution in [1.82, 2.24) is 0 Å². The quantitative estimate of drug-likeness (QED) is 0.616. The second kappa shape index (κ2) is 6.32. The highest BCUT2D eigenvalue weighted by atomic mass is 28.4. The Morgan fingerprint density at radius 3 is 2.14 bits per heavy atom.